The quantitative estimate of drug-likeness (QED) is 0.483. The second kappa shape index (κ2) is 10.6. The third-order valence-corrected chi connectivity index (χ3v) is 6.41. The van der Waals surface area contributed by atoms with Crippen LogP contribution in [0.5, 0.6) is 5.75 Å². The number of hydrogen-bond donors (Lipinski definition) is 0. The molecule has 1 amide bonds. The molecule has 1 saturated heterocycles. The summed E-state index contributed by atoms with van der Waals surface area (Å²) in [5, 5.41) is 6.24. The number of likely N-dealkylation sites (tertiary alicyclic amines) is 1. The van der Waals surface area contributed by atoms with Crippen LogP contribution in [0.2, 0.25) is 0 Å². The Labute approximate surface area is 193 Å². The van der Waals surface area contributed by atoms with Crippen LogP contribution >= 0.6 is 11.3 Å². The monoisotopic (exact) mass is 450 g/mol. The molecule has 1 fully saturated rings. The molecule has 0 aliphatic carbocycles. The summed E-state index contributed by atoms with van der Waals surface area (Å²) in [5.41, 5.74) is 2.46. The van der Waals surface area contributed by atoms with Crippen molar-refractivity contribution < 1.29 is 9.53 Å². The standard InChI is InChI=1S/C25H30N4O2S/c1-27(18-21-16-26-28(2)19-21)17-20-5-7-22(8-6-20)31-23-11-13-29(14-12-23)25(30)10-9-24-4-3-15-32-24/h3-10,15-16,19,23H,11-14,17-18H2,1-2H3/b10-9+. The van der Waals surface area contributed by atoms with E-state index in [1.807, 2.05) is 52.6 Å². The maximum atomic E-state index is 12.4. The largest absolute Gasteiger partial charge is 0.490 e. The van der Waals surface area contributed by atoms with Crippen LogP contribution in [0.1, 0.15) is 28.8 Å². The van der Waals surface area contributed by atoms with Crippen LogP contribution in [-0.4, -0.2) is 51.7 Å². The number of carbonyl (C=O) groups excluding carboxylic acids is 1. The smallest absolute Gasteiger partial charge is 0.246 e. The second-order valence-corrected chi connectivity index (χ2v) is 9.31. The van der Waals surface area contributed by atoms with Gasteiger partial charge in [-0.15, -0.1) is 11.3 Å². The molecule has 2 aromatic heterocycles. The summed E-state index contributed by atoms with van der Waals surface area (Å²) in [4.78, 5) is 17.7. The minimum Gasteiger partial charge on any atom is -0.490 e. The van der Waals surface area contributed by atoms with E-state index in [4.69, 9.17) is 4.74 Å². The maximum Gasteiger partial charge on any atom is 0.246 e. The number of nitrogens with zero attached hydrogens (tertiary/aromatic N) is 4. The van der Waals surface area contributed by atoms with E-state index in [1.165, 1.54) is 11.1 Å². The molecule has 0 atom stereocenters. The number of aryl methyl sites for hydroxylation is 1. The van der Waals surface area contributed by atoms with Gasteiger partial charge in [-0.1, -0.05) is 18.2 Å². The average Bonchev–Trinajstić information content (AvgIpc) is 3.45. The zero-order valence-corrected chi connectivity index (χ0v) is 19.5. The molecule has 6 nitrogen and oxygen atoms in total. The molecule has 1 aliphatic heterocycles. The van der Waals surface area contributed by atoms with Gasteiger partial charge >= 0.3 is 0 Å². The molecular formula is C25H30N4O2S. The first-order valence-electron chi connectivity index (χ1n) is 11.0. The van der Waals surface area contributed by atoms with Crippen molar-refractivity contribution in [1.29, 1.82) is 0 Å². The number of hydrogen-bond acceptors (Lipinski definition) is 5. The average molecular weight is 451 g/mol. The first kappa shape index (κ1) is 22.3. The van der Waals surface area contributed by atoms with E-state index >= 15 is 0 Å². The second-order valence-electron chi connectivity index (χ2n) is 8.33. The predicted molar refractivity (Wildman–Crippen MR) is 128 cm³/mol. The minimum absolute atomic E-state index is 0.0802. The fourth-order valence-corrected chi connectivity index (χ4v) is 4.56. The van der Waals surface area contributed by atoms with Gasteiger partial charge in [-0.3, -0.25) is 14.4 Å². The van der Waals surface area contributed by atoms with Crippen molar-refractivity contribution in [1.82, 2.24) is 19.6 Å². The van der Waals surface area contributed by atoms with Crippen molar-refractivity contribution in [3.8, 4) is 5.75 Å². The van der Waals surface area contributed by atoms with Crippen molar-refractivity contribution in [2.45, 2.75) is 32.0 Å². The molecule has 1 aromatic carbocycles. The van der Waals surface area contributed by atoms with Crippen LogP contribution in [0.25, 0.3) is 6.08 Å². The molecule has 0 N–H and O–H groups in total. The van der Waals surface area contributed by atoms with Crippen LogP contribution in [-0.2, 0) is 24.9 Å². The Bertz CT molecular complexity index is 1020. The Morgan fingerprint density at radius 3 is 2.59 bits per heavy atom. The molecule has 0 unspecified atom stereocenters. The molecule has 168 valence electrons. The molecule has 3 heterocycles. The topological polar surface area (TPSA) is 50.6 Å². The Morgan fingerprint density at radius 1 is 1.19 bits per heavy atom. The van der Waals surface area contributed by atoms with Gasteiger partial charge in [0, 0.05) is 68.8 Å². The molecule has 1 aliphatic rings. The van der Waals surface area contributed by atoms with Crippen LogP contribution in [0.4, 0.5) is 0 Å². The number of benzene rings is 1. The highest BCUT2D eigenvalue weighted by atomic mass is 32.1. The van der Waals surface area contributed by atoms with Gasteiger partial charge in [-0.05, 0) is 42.3 Å². The number of aromatic nitrogens is 2. The Kier molecular flexibility index (Phi) is 7.39. The van der Waals surface area contributed by atoms with Gasteiger partial charge < -0.3 is 9.64 Å². The van der Waals surface area contributed by atoms with Gasteiger partial charge in [0.15, 0.2) is 0 Å². The van der Waals surface area contributed by atoms with Crippen LogP contribution in [0, 0.1) is 0 Å². The van der Waals surface area contributed by atoms with Crippen molar-refractivity contribution in [3.05, 3.63) is 76.3 Å². The summed E-state index contributed by atoms with van der Waals surface area (Å²) in [6, 6.07) is 12.4. The highest BCUT2D eigenvalue weighted by molar-refractivity contribution is 7.10. The van der Waals surface area contributed by atoms with Gasteiger partial charge in [0.2, 0.25) is 5.91 Å². The molecule has 4 rings (SSSR count). The van der Waals surface area contributed by atoms with Crippen LogP contribution in [0.15, 0.2) is 60.2 Å². The minimum atomic E-state index is 0.0802. The SMILES string of the molecule is CN(Cc1ccc(OC2CCN(C(=O)/C=C/c3cccs3)CC2)cc1)Cc1cnn(C)c1. The lowest BCUT2D eigenvalue weighted by molar-refractivity contribution is -0.127. The van der Waals surface area contributed by atoms with Gasteiger partial charge in [0.05, 0.1) is 6.20 Å². The van der Waals surface area contributed by atoms with Gasteiger partial charge in [-0.25, -0.2) is 0 Å². The number of rotatable bonds is 8. The van der Waals surface area contributed by atoms with Crippen LogP contribution < -0.4 is 4.74 Å². The Hall–Kier alpha value is -2.90. The third-order valence-electron chi connectivity index (χ3n) is 5.58. The summed E-state index contributed by atoms with van der Waals surface area (Å²) >= 11 is 1.63. The zero-order chi connectivity index (χ0) is 22.3. The van der Waals surface area contributed by atoms with Crippen LogP contribution in [0.3, 0.4) is 0 Å². The van der Waals surface area contributed by atoms with E-state index < -0.39 is 0 Å². The van der Waals surface area contributed by atoms with Crippen molar-refractivity contribution in [2.24, 2.45) is 7.05 Å². The third kappa shape index (κ3) is 6.31. The lowest BCUT2D eigenvalue weighted by atomic mass is 10.1. The summed E-state index contributed by atoms with van der Waals surface area (Å²) in [7, 11) is 4.05. The van der Waals surface area contributed by atoms with Gasteiger partial charge in [-0.2, -0.15) is 5.10 Å². The zero-order valence-electron chi connectivity index (χ0n) is 18.7. The van der Waals surface area contributed by atoms with E-state index in [0.717, 1.165) is 49.6 Å². The number of piperidine rings is 1. The number of thiophene rings is 1. The van der Waals surface area contributed by atoms with E-state index in [0.29, 0.717) is 0 Å². The summed E-state index contributed by atoms with van der Waals surface area (Å²) in [6.07, 6.45) is 9.39. The number of ether oxygens (including phenoxy) is 1. The molecule has 0 radical (unpaired) electrons. The molecular weight excluding hydrogens is 420 g/mol. The van der Waals surface area contributed by atoms with E-state index in [1.54, 1.807) is 17.4 Å². The first-order valence-corrected chi connectivity index (χ1v) is 11.9. The van der Waals surface area contributed by atoms with Crippen molar-refractivity contribution in [2.75, 3.05) is 20.1 Å². The van der Waals surface area contributed by atoms with Gasteiger partial charge in [0.1, 0.15) is 11.9 Å². The Balaban J connectivity index is 1.21. The van der Waals surface area contributed by atoms with E-state index in [2.05, 4.69) is 41.3 Å². The number of amides is 1. The van der Waals surface area contributed by atoms with Crippen molar-refractivity contribution >= 4 is 23.3 Å². The maximum absolute atomic E-state index is 12.4. The molecule has 7 heteroatoms. The highest BCUT2D eigenvalue weighted by Gasteiger charge is 2.22. The molecule has 3 aromatic rings. The summed E-state index contributed by atoms with van der Waals surface area (Å²) < 4.78 is 8.01. The molecule has 0 saturated carbocycles. The Morgan fingerprint density at radius 2 is 1.94 bits per heavy atom. The molecule has 32 heavy (non-hydrogen) atoms. The fraction of sp³-hybridized carbons (Fsp3) is 0.360. The first-order chi connectivity index (χ1) is 15.5. The summed E-state index contributed by atoms with van der Waals surface area (Å²) in [6.45, 7) is 3.20. The fourth-order valence-electron chi connectivity index (χ4n) is 3.94. The van der Waals surface area contributed by atoms with Crippen molar-refractivity contribution in [3.63, 3.8) is 0 Å². The number of carbonyl (C=O) groups is 1. The summed E-state index contributed by atoms with van der Waals surface area (Å²) in [5.74, 6) is 0.975. The normalized spacial score (nSPS) is 15.0. The van der Waals surface area contributed by atoms with E-state index in [9.17, 15) is 4.79 Å². The molecule has 0 bridgehead atoms. The molecule has 0 spiro atoms. The van der Waals surface area contributed by atoms with E-state index in [-0.39, 0.29) is 12.0 Å². The lowest BCUT2D eigenvalue weighted by Crippen LogP contribution is -2.41. The predicted octanol–water partition coefficient (Wildman–Crippen LogP) is 4.20. The van der Waals surface area contributed by atoms with Gasteiger partial charge in [0.25, 0.3) is 0 Å². The highest BCUT2D eigenvalue weighted by Crippen LogP contribution is 2.21. The lowest BCUT2D eigenvalue weighted by Gasteiger charge is -2.31.